The monoisotopic (exact) mass is 212 g/mol. The fraction of sp³-hybridized carbons (Fsp3) is 0. The molecule has 0 fully saturated rings. The van der Waals surface area contributed by atoms with Gasteiger partial charge in [-0.3, -0.25) is 4.98 Å². The summed E-state index contributed by atoms with van der Waals surface area (Å²) >= 11 is 0. The van der Waals surface area contributed by atoms with E-state index in [0.29, 0.717) is 0 Å². The largest absolute Gasteiger partial charge is 0.316 e. The van der Waals surface area contributed by atoms with Gasteiger partial charge < -0.3 is 4.57 Å². The first kappa shape index (κ1) is 9.09. The first-order valence-electron chi connectivity index (χ1n) is 5.01. The van der Waals surface area contributed by atoms with Gasteiger partial charge in [0.2, 0.25) is 0 Å². The predicted octanol–water partition coefficient (Wildman–Crippen LogP) is 3.16. The molecular weight excluding hydrogens is 203 g/mol. The van der Waals surface area contributed by atoms with Gasteiger partial charge in [-0.15, -0.1) is 0 Å². The van der Waals surface area contributed by atoms with Crippen molar-refractivity contribution < 1.29 is 4.39 Å². The first-order chi connectivity index (χ1) is 7.84. The number of fused-ring (bicyclic) bond motifs is 1. The summed E-state index contributed by atoms with van der Waals surface area (Å²) in [4.78, 5) is 4.06. The Morgan fingerprint density at radius 3 is 2.62 bits per heavy atom. The summed E-state index contributed by atoms with van der Waals surface area (Å²) in [5.74, 6) is -0.220. The summed E-state index contributed by atoms with van der Waals surface area (Å²) in [5, 5.41) is 1.08. The van der Waals surface area contributed by atoms with Crippen LogP contribution in [0.4, 0.5) is 4.39 Å². The van der Waals surface area contributed by atoms with Gasteiger partial charge in [0.1, 0.15) is 5.82 Å². The zero-order valence-corrected chi connectivity index (χ0v) is 8.47. The maximum Gasteiger partial charge on any atom is 0.123 e. The van der Waals surface area contributed by atoms with E-state index >= 15 is 0 Å². The molecule has 2 heterocycles. The van der Waals surface area contributed by atoms with Crippen molar-refractivity contribution in [2.24, 2.45) is 0 Å². The van der Waals surface area contributed by atoms with Crippen LogP contribution in [-0.2, 0) is 0 Å². The highest BCUT2D eigenvalue weighted by Gasteiger charge is 2.02. The van der Waals surface area contributed by atoms with Crippen molar-refractivity contribution in [2.45, 2.75) is 0 Å². The summed E-state index contributed by atoms with van der Waals surface area (Å²) in [5.41, 5.74) is 2.02. The first-order valence-corrected chi connectivity index (χ1v) is 5.01. The fourth-order valence-corrected chi connectivity index (χ4v) is 1.81. The Kier molecular flexibility index (Phi) is 1.96. The molecule has 0 unspecified atom stereocenters. The highest BCUT2D eigenvalue weighted by Crippen LogP contribution is 2.19. The second-order valence-corrected chi connectivity index (χ2v) is 3.60. The van der Waals surface area contributed by atoms with E-state index in [4.69, 9.17) is 0 Å². The number of hydrogen-bond acceptors (Lipinski definition) is 1. The maximum absolute atomic E-state index is 12.8. The van der Waals surface area contributed by atoms with Gasteiger partial charge in [-0.2, -0.15) is 0 Å². The Morgan fingerprint density at radius 2 is 1.81 bits per heavy atom. The Morgan fingerprint density at radius 1 is 1.00 bits per heavy atom. The molecule has 0 aliphatic heterocycles. The van der Waals surface area contributed by atoms with E-state index in [1.807, 2.05) is 29.1 Å². The lowest BCUT2D eigenvalue weighted by Crippen LogP contribution is -1.91. The van der Waals surface area contributed by atoms with E-state index in [1.165, 1.54) is 12.1 Å². The number of pyridine rings is 1. The number of halogens is 1. The topological polar surface area (TPSA) is 17.8 Å². The molecule has 0 aliphatic rings. The number of hydrogen-bond donors (Lipinski definition) is 0. The molecule has 0 radical (unpaired) electrons. The zero-order chi connectivity index (χ0) is 11.0. The SMILES string of the molecule is Fc1ccc(-n2ccc3cnccc32)cc1. The van der Waals surface area contributed by atoms with Crippen LogP contribution in [0.3, 0.4) is 0 Å². The molecule has 0 N–H and O–H groups in total. The van der Waals surface area contributed by atoms with E-state index in [2.05, 4.69) is 4.98 Å². The van der Waals surface area contributed by atoms with Gasteiger partial charge in [0.15, 0.2) is 0 Å². The fourth-order valence-electron chi connectivity index (χ4n) is 1.81. The molecule has 78 valence electrons. The average Bonchev–Trinajstić information content (AvgIpc) is 2.74. The molecule has 16 heavy (non-hydrogen) atoms. The molecule has 0 saturated heterocycles. The third kappa shape index (κ3) is 1.37. The minimum atomic E-state index is -0.220. The zero-order valence-electron chi connectivity index (χ0n) is 8.47. The average molecular weight is 212 g/mol. The third-order valence-corrected chi connectivity index (χ3v) is 2.60. The molecule has 3 aromatic rings. The number of rotatable bonds is 1. The summed E-state index contributed by atoms with van der Waals surface area (Å²) in [6.45, 7) is 0. The number of aromatic nitrogens is 2. The molecule has 0 atom stereocenters. The molecule has 0 bridgehead atoms. The molecule has 0 amide bonds. The van der Waals surface area contributed by atoms with Crippen LogP contribution in [0.1, 0.15) is 0 Å². The summed E-state index contributed by atoms with van der Waals surface area (Å²) in [6.07, 6.45) is 5.53. The standard InChI is InChI=1S/C13H9FN2/c14-11-1-3-12(4-2-11)16-8-6-10-9-15-7-5-13(10)16/h1-9H. The molecular formula is C13H9FN2. The van der Waals surface area contributed by atoms with Crippen LogP contribution >= 0.6 is 0 Å². The van der Waals surface area contributed by atoms with Gasteiger partial charge in [-0.05, 0) is 36.4 Å². The minimum Gasteiger partial charge on any atom is -0.316 e. The van der Waals surface area contributed by atoms with E-state index in [1.54, 1.807) is 18.3 Å². The van der Waals surface area contributed by atoms with Gasteiger partial charge in [-0.1, -0.05) is 0 Å². The highest BCUT2D eigenvalue weighted by atomic mass is 19.1. The van der Waals surface area contributed by atoms with Gasteiger partial charge >= 0.3 is 0 Å². The van der Waals surface area contributed by atoms with Crippen LogP contribution in [0, 0.1) is 5.82 Å². The van der Waals surface area contributed by atoms with Crippen LogP contribution < -0.4 is 0 Å². The molecule has 3 heteroatoms. The maximum atomic E-state index is 12.8. The number of benzene rings is 1. The molecule has 1 aromatic carbocycles. The van der Waals surface area contributed by atoms with Crippen LogP contribution in [0.25, 0.3) is 16.6 Å². The third-order valence-electron chi connectivity index (χ3n) is 2.60. The van der Waals surface area contributed by atoms with Crippen molar-refractivity contribution in [1.29, 1.82) is 0 Å². The minimum absolute atomic E-state index is 0.220. The van der Waals surface area contributed by atoms with Crippen LogP contribution in [-0.4, -0.2) is 9.55 Å². The molecule has 2 nitrogen and oxygen atoms in total. The normalized spacial score (nSPS) is 10.8. The smallest absolute Gasteiger partial charge is 0.123 e. The summed E-state index contributed by atoms with van der Waals surface area (Å²) < 4.78 is 14.8. The van der Waals surface area contributed by atoms with Crippen molar-refractivity contribution >= 4 is 10.9 Å². The molecule has 0 aliphatic carbocycles. The Balaban J connectivity index is 2.22. The van der Waals surface area contributed by atoms with Crippen molar-refractivity contribution in [3.05, 3.63) is 60.8 Å². The molecule has 2 aromatic heterocycles. The molecule has 0 spiro atoms. The number of nitrogens with zero attached hydrogens (tertiary/aromatic N) is 2. The lowest BCUT2D eigenvalue weighted by molar-refractivity contribution is 0.627. The van der Waals surface area contributed by atoms with Crippen LogP contribution in [0.5, 0.6) is 0 Å². The molecule has 0 saturated carbocycles. The van der Waals surface area contributed by atoms with Gasteiger partial charge in [0, 0.05) is 29.7 Å². The van der Waals surface area contributed by atoms with Crippen molar-refractivity contribution in [2.75, 3.05) is 0 Å². The second kappa shape index (κ2) is 3.45. The van der Waals surface area contributed by atoms with Gasteiger partial charge in [0.05, 0.1) is 5.52 Å². The van der Waals surface area contributed by atoms with E-state index in [9.17, 15) is 4.39 Å². The van der Waals surface area contributed by atoms with Crippen molar-refractivity contribution in [3.63, 3.8) is 0 Å². The van der Waals surface area contributed by atoms with E-state index < -0.39 is 0 Å². The van der Waals surface area contributed by atoms with E-state index in [0.717, 1.165) is 16.6 Å². The summed E-state index contributed by atoms with van der Waals surface area (Å²) in [6, 6.07) is 10.4. The highest BCUT2D eigenvalue weighted by molar-refractivity contribution is 5.80. The van der Waals surface area contributed by atoms with Gasteiger partial charge in [0.25, 0.3) is 0 Å². The summed E-state index contributed by atoms with van der Waals surface area (Å²) in [7, 11) is 0. The lowest BCUT2D eigenvalue weighted by atomic mass is 10.3. The predicted molar refractivity (Wildman–Crippen MR) is 61.0 cm³/mol. The van der Waals surface area contributed by atoms with Crippen LogP contribution in [0.2, 0.25) is 0 Å². The van der Waals surface area contributed by atoms with Gasteiger partial charge in [-0.25, -0.2) is 4.39 Å². The molecule has 3 rings (SSSR count). The Hall–Kier alpha value is -2.16. The Bertz CT molecular complexity index is 626. The van der Waals surface area contributed by atoms with E-state index in [-0.39, 0.29) is 5.82 Å². The lowest BCUT2D eigenvalue weighted by Gasteiger charge is -2.04. The van der Waals surface area contributed by atoms with Crippen molar-refractivity contribution in [3.8, 4) is 5.69 Å². The second-order valence-electron chi connectivity index (χ2n) is 3.60. The Labute approximate surface area is 92.0 Å². The quantitative estimate of drug-likeness (QED) is 0.605. The van der Waals surface area contributed by atoms with Crippen molar-refractivity contribution in [1.82, 2.24) is 9.55 Å². The van der Waals surface area contributed by atoms with Crippen LogP contribution in [0.15, 0.2) is 55.0 Å².